The Labute approximate surface area is 212 Å². The molecule has 1 aromatic heterocycles. The van der Waals surface area contributed by atoms with E-state index in [1.165, 1.54) is 0 Å². The minimum Gasteiger partial charge on any atom is -0.493 e. The Bertz CT molecular complexity index is 1200. The highest BCUT2D eigenvalue weighted by atomic mass is 79.9. The van der Waals surface area contributed by atoms with Crippen LogP contribution in [0.2, 0.25) is 0 Å². The number of carbonyl (C=O) groups excluding carboxylic acids is 1. The van der Waals surface area contributed by atoms with E-state index in [1.807, 2.05) is 55.5 Å². The lowest BCUT2D eigenvalue weighted by Crippen LogP contribution is -2.30. The number of hydrogen-bond acceptors (Lipinski definition) is 7. The fourth-order valence-electron chi connectivity index (χ4n) is 3.75. The van der Waals surface area contributed by atoms with E-state index in [2.05, 4.69) is 40.1 Å². The molecular formula is C25H27BrN4O3S. The molecule has 0 radical (unpaired) electrons. The van der Waals surface area contributed by atoms with Crippen molar-refractivity contribution < 1.29 is 14.3 Å². The summed E-state index contributed by atoms with van der Waals surface area (Å²) >= 11 is 5.13. The van der Waals surface area contributed by atoms with Crippen LogP contribution in [0.15, 0.2) is 69.4 Å². The van der Waals surface area contributed by atoms with Crippen molar-refractivity contribution in [2.45, 2.75) is 45.0 Å². The lowest BCUT2D eigenvalue weighted by atomic mass is 9.95. The van der Waals surface area contributed by atoms with Crippen LogP contribution in [0.4, 0.5) is 5.95 Å². The van der Waals surface area contributed by atoms with Crippen LogP contribution in [-0.4, -0.2) is 33.1 Å². The Hall–Kier alpha value is -2.78. The van der Waals surface area contributed by atoms with Gasteiger partial charge < -0.3 is 14.8 Å². The molecule has 7 nitrogen and oxygen atoms in total. The predicted octanol–water partition coefficient (Wildman–Crippen LogP) is 5.97. The van der Waals surface area contributed by atoms with Crippen LogP contribution in [0.5, 0.6) is 5.75 Å². The van der Waals surface area contributed by atoms with Crippen molar-refractivity contribution in [3.8, 4) is 5.75 Å². The number of ether oxygens (including phenoxy) is 2. The summed E-state index contributed by atoms with van der Waals surface area (Å²) in [5, 5.41) is 8.62. The van der Waals surface area contributed by atoms with E-state index in [-0.39, 0.29) is 6.61 Å². The van der Waals surface area contributed by atoms with Crippen LogP contribution >= 0.6 is 27.7 Å². The molecule has 2 aromatic carbocycles. The fraction of sp³-hybridized carbons (Fsp3) is 0.320. The third-order valence-corrected chi connectivity index (χ3v) is 6.48. The molecule has 0 saturated carbocycles. The predicted molar refractivity (Wildman–Crippen MR) is 137 cm³/mol. The highest BCUT2D eigenvalue weighted by Gasteiger charge is 2.37. The Morgan fingerprint density at radius 1 is 1.21 bits per heavy atom. The first-order valence-electron chi connectivity index (χ1n) is 11.2. The lowest BCUT2D eigenvalue weighted by molar-refractivity contribution is -0.140. The first-order chi connectivity index (χ1) is 16.5. The molecule has 0 bridgehead atoms. The van der Waals surface area contributed by atoms with Crippen molar-refractivity contribution in [1.82, 2.24) is 14.8 Å². The van der Waals surface area contributed by atoms with Crippen LogP contribution in [0.1, 0.15) is 44.4 Å². The topological polar surface area (TPSA) is 78.3 Å². The number of fused-ring (bicyclic) bond motifs is 1. The van der Waals surface area contributed by atoms with Gasteiger partial charge in [0.25, 0.3) is 0 Å². The molecule has 1 aliphatic heterocycles. The monoisotopic (exact) mass is 542 g/mol. The number of allylic oxidation sites excluding steroid dienone is 1. The Morgan fingerprint density at radius 2 is 2.00 bits per heavy atom. The van der Waals surface area contributed by atoms with Gasteiger partial charge in [0.1, 0.15) is 18.4 Å². The zero-order valence-electron chi connectivity index (χ0n) is 19.4. The zero-order valence-corrected chi connectivity index (χ0v) is 21.8. The third kappa shape index (κ3) is 5.31. The summed E-state index contributed by atoms with van der Waals surface area (Å²) in [4.78, 5) is 18.1. The maximum atomic E-state index is 13.5. The highest BCUT2D eigenvalue weighted by Crippen LogP contribution is 2.41. The first-order valence-corrected chi connectivity index (χ1v) is 13.0. The number of esters is 1. The van der Waals surface area contributed by atoms with E-state index in [0.717, 1.165) is 27.8 Å². The summed E-state index contributed by atoms with van der Waals surface area (Å²) < 4.78 is 14.5. The van der Waals surface area contributed by atoms with Gasteiger partial charge in [-0.05, 0) is 42.9 Å². The van der Waals surface area contributed by atoms with Crippen molar-refractivity contribution >= 4 is 39.6 Å². The normalized spacial score (nSPS) is 15.0. The smallest absolute Gasteiger partial charge is 0.338 e. The van der Waals surface area contributed by atoms with Crippen LogP contribution in [0.25, 0.3) is 0 Å². The molecule has 9 heteroatoms. The molecule has 0 saturated heterocycles. The molecule has 3 aromatic rings. The molecule has 34 heavy (non-hydrogen) atoms. The second-order valence-electron chi connectivity index (χ2n) is 7.75. The second kappa shape index (κ2) is 11.1. The minimum atomic E-state index is -0.553. The molecule has 1 aliphatic rings. The quantitative estimate of drug-likeness (QED) is 0.263. The second-order valence-corrected chi connectivity index (χ2v) is 9.90. The minimum absolute atomic E-state index is 0.183. The summed E-state index contributed by atoms with van der Waals surface area (Å²) in [6.45, 7) is 6.72. The molecule has 4 rings (SSSR count). The molecule has 178 valence electrons. The third-order valence-electron chi connectivity index (χ3n) is 5.27. The summed E-state index contributed by atoms with van der Waals surface area (Å²) in [5.41, 5.74) is 2.89. The highest BCUT2D eigenvalue weighted by molar-refractivity contribution is 9.10. The maximum absolute atomic E-state index is 13.5. The number of carbonyl (C=O) groups is 1. The molecule has 0 amide bonds. The summed E-state index contributed by atoms with van der Waals surface area (Å²) in [5.74, 6) is 1.71. The number of anilines is 1. The van der Waals surface area contributed by atoms with E-state index in [1.54, 1.807) is 16.4 Å². The standard InChI is InChI=1S/C25H27BrN4O3S/c1-4-13-32-20-12-11-18(26)14-19(20)22-21(23(31)33-15-17-9-7-6-8-10-17)16(3)27-24-28-25(34-5-2)29-30(22)24/h6-12,14,22H,4-5,13,15H2,1-3H3,(H,27,28,29). The van der Waals surface area contributed by atoms with Crippen molar-refractivity contribution in [1.29, 1.82) is 0 Å². The fourth-order valence-corrected chi connectivity index (χ4v) is 4.68. The van der Waals surface area contributed by atoms with Gasteiger partial charge in [0.2, 0.25) is 11.1 Å². The lowest BCUT2D eigenvalue weighted by Gasteiger charge is -2.29. The van der Waals surface area contributed by atoms with E-state index in [9.17, 15) is 4.79 Å². The molecule has 1 N–H and O–H groups in total. The van der Waals surface area contributed by atoms with Gasteiger partial charge in [0, 0.05) is 15.7 Å². The van der Waals surface area contributed by atoms with Gasteiger partial charge in [-0.25, -0.2) is 9.48 Å². The average molecular weight is 543 g/mol. The maximum Gasteiger partial charge on any atom is 0.338 e. The zero-order chi connectivity index (χ0) is 24.1. The number of nitrogens with one attached hydrogen (secondary N) is 1. The number of nitrogens with zero attached hydrogens (tertiary/aromatic N) is 3. The van der Waals surface area contributed by atoms with Gasteiger partial charge in [-0.1, -0.05) is 71.9 Å². The Kier molecular flexibility index (Phi) is 7.95. The van der Waals surface area contributed by atoms with Gasteiger partial charge >= 0.3 is 5.97 Å². The number of thioether (sulfide) groups is 1. The number of aromatic nitrogens is 3. The van der Waals surface area contributed by atoms with Gasteiger partial charge in [0.05, 0.1) is 12.2 Å². The van der Waals surface area contributed by atoms with Gasteiger partial charge in [-0.2, -0.15) is 4.98 Å². The van der Waals surface area contributed by atoms with Crippen LogP contribution < -0.4 is 10.1 Å². The van der Waals surface area contributed by atoms with E-state index < -0.39 is 12.0 Å². The molecule has 1 atom stereocenters. The molecule has 1 unspecified atom stereocenters. The molecule has 2 heterocycles. The number of hydrogen-bond donors (Lipinski definition) is 1. The number of rotatable bonds is 9. The number of benzene rings is 2. The van der Waals surface area contributed by atoms with E-state index in [0.29, 0.717) is 34.7 Å². The Balaban J connectivity index is 1.77. The van der Waals surface area contributed by atoms with Crippen LogP contribution in [-0.2, 0) is 16.1 Å². The summed E-state index contributed by atoms with van der Waals surface area (Å²) in [7, 11) is 0. The van der Waals surface area contributed by atoms with E-state index in [4.69, 9.17) is 14.6 Å². The van der Waals surface area contributed by atoms with Crippen LogP contribution in [0.3, 0.4) is 0 Å². The first kappa shape index (κ1) is 24.3. The molecule has 0 fully saturated rings. The summed E-state index contributed by atoms with van der Waals surface area (Å²) in [6.07, 6.45) is 0.869. The van der Waals surface area contributed by atoms with E-state index >= 15 is 0 Å². The van der Waals surface area contributed by atoms with Crippen LogP contribution in [0, 0.1) is 0 Å². The van der Waals surface area contributed by atoms with Crippen molar-refractivity contribution in [3.05, 3.63) is 75.4 Å². The van der Waals surface area contributed by atoms with Gasteiger partial charge in [0.15, 0.2) is 0 Å². The largest absolute Gasteiger partial charge is 0.493 e. The SMILES string of the molecule is CCCOc1ccc(Br)cc1C1C(C(=O)OCc2ccccc2)=C(C)Nc2nc(SCC)nn21. The van der Waals surface area contributed by atoms with Crippen molar-refractivity contribution in [2.24, 2.45) is 0 Å². The Morgan fingerprint density at radius 3 is 2.74 bits per heavy atom. The van der Waals surface area contributed by atoms with Crippen molar-refractivity contribution in [3.63, 3.8) is 0 Å². The molecule has 0 spiro atoms. The average Bonchev–Trinajstić information content (AvgIpc) is 3.23. The molecular weight excluding hydrogens is 516 g/mol. The number of halogens is 1. The van der Waals surface area contributed by atoms with Crippen molar-refractivity contribution in [2.75, 3.05) is 17.7 Å². The molecule has 0 aliphatic carbocycles. The van der Waals surface area contributed by atoms with Gasteiger partial charge in [-0.15, -0.1) is 5.10 Å². The summed E-state index contributed by atoms with van der Waals surface area (Å²) in [6, 6.07) is 14.9. The van der Waals surface area contributed by atoms with Gasteiger partial charge in [-0.3, -0.25) is 0 Å².